The molecule has 0 saturated heterocycles. The number of H-pyrrole nitrogens is 1. The third-order valence-corrected chi connectivity index (χ3v) is 2.45. The molecule has 0 aliphatic heterocycles. The van der Waals surface area contributed by atoms with Crippen molar-refractivity contribution in [2.45, 2.75) is 13.3 Å². The zero-order valence-electron chi connectivity index (χ0n) is 8.90. The molecule has 82 valence electrons. The molecular weight excluding hydrogens is 204 g/mol. The fraction of sp³-hybridized carbons (Fsp3) is 0.167. The van der Waals surface area contributed by atoms with Gasteiger partial charge in [0.05, 0.1) is 12.6 Å². The van der Waals surface area contributed by atoms with E-state index in [0.29, 0.717) is 0 Å². The van der Waals surface area contributed by atoms with Gasteiger partial charge < -0.3 is 5.11 Å². The smallest absolute Gasteiger partial charge is 0.307 e. The number of hydrogen-bond donors (Lipinski definition) is 2. The van der Waals surface area contributed by atoms with E-state index < -0.39 is 5.97 Å². The molecule has 0 atom stereocenters. The van der Waals surface area contributed by atoms with Crippen LogP contribution in [0.4, 0.5) is 0 Å². The highest BCUT2D eigenvalue weighted by atomic mass is 16.4. The molecule has 1 aromatic heterocycles. The van der Waals surface area contributed by atoms with Crippen molar-refractivity contribution in [2.24, 2.45) is 0 Å². The van der Waals surface area contributed by atoms with E-state index in [1.54, 1.807) is 6.20 Å². The fourth-order valence-corrected chi connectivity index (χ4v) is 1.62. The Morgan fingerprint density at radius 1 is 1.38 bits per heavy atom. The monoisotopic (exact) mass is 216 g/mol. The van der Waals surface area contributed by atoms with Gasteiger partial charge in [-0.25, -0.2) is 0 Å². The molecule has 2 N–H and O–H groups in total. The highest BCUT2D eigenvalue weighted by molar-refractivity contribution is 5.71. The summed E-state index contributed by atoms with van der Waals surface area (Å²) in [5.74, 6) is -0.813. The summed E-state index contributed by atoms with van der Waals surface area (Å²) in [5.41, 5.74) is 3.89. The lowest BCUT2D eigenvalue weighted by atomic mass is 10.0. The molecule has 0 saturated carbocycles. The maximum atomic E-state index is 10.5. The molecule has 0 aliphatic rings. The lowest BCUT2D eigenvalue weighted by molar-refractivity contribution is -0.136. The SMILES string of the molecule is Cc1[nH]ncc1-c1ccc(CC(=O)O)cc1. The molecule has 0 bridgehead atoms. The first kappa shape index (κ1) is 10.4. The second-order valence-corrected chi connectivity index (χ2v) is 3.68. The Hall–Kier alpha value is -2.10. The average Bonchev–Trinajstić information content (AvgIpc) is 2.65. The summed E-state index contributed by atoms with van der Waals surface area (Å²) in [6.45, 7) is 1.95. The summed E-state index contributed by atoms with van der Waals surface area (Å²) in [7, 11) is 0. The predicted octanol–water partition coefficient (Wildman–Crippen LogP) is 2.01. The Kier molecular flexibility index (Phi) is 2.72. The van der Waals surface area contributed by atoms with E-state index in [9.17, 15) is 4.79 Å². The van der Waals surface area contributed by atoms with Crippen molar-refractivity contribution in [3.05, 3.63) is 41.7 Å². The van der Waals surface area contributed by atoms with E-state index in [1.807, 2.05) is 31.2 Å². The Labute approximate surface area is 92.9 Å². The van der Waals surface area contributed by atoms with Gasteiger partial charge in [-0.05, 0) is 18.1 Å². The Morgan fingerprint density at radius 2 is 2.06 bits per heavy atom. The van der Waals surface area contributed by atoms with E-state index in [0.717, 1.165) is 22.4 Å². The van der Waals surface area contributed by atoms with Crippen molar-refractivity contribution in [3.8, 4) is 11.1 Å². The van der Waals surface area contributed by atoms with Crippen molar-refractivity contribution in [1.82, 2.24) is 10.2 Å². The number of aryl methyl sites for hydroxylation is 1. The second-order valence-electron chi connectivity index (χ2n) is 3.68. The van der Waals surface area contributed by atoms with Crippen molar-refractivity contribution < 1.29 is 9.90 Å². The number of aliphatic carboxylic acids is 1. The minimum Gasteiger partial charge on any atom is -0.481 e. The average molecular weight is 216 g/mol. The molecule has 0 unspecified atom stereocenters. The number of benzene rings is 1. The molecule has 2 rings (SSSR count). The lowest BCUT2D eigenvalue weighted by Crippen LogP contribution is -1.99. The number of rotatable bonds is 3. The van der Waals surface area contributed by atoms with Crippen LogP contribution >= 0.6 is 0 Å². The first-order valence-corrected chi connectivity index (χ1v) is 4.98. The number of aromatic amines is 1. The minimum absolute atomic E-state index is 0.0602. The maximum absolute atomic E-state index is 10.5. The molecule has 0 radical (unpaired) electrons. The van der Waals surface area contributed by atoms with Crippen LogP contribution in [-0.2, 0) is 11.2 Å². The van der Waals surface area contributed by atoms with Crippen LogP contribution in [0.2, 0.25) is 0 Å². The number of carboxylic acids is 1. The zero-order valence-corrected chi connectivity index (χ0v) is 8.90. The highest BCUT2D eigenvalue weighted by Gasteiger charge is 2.04. The van der Waals surface area contributed by atoms with Crippen molar-refractivity contribution in [2.75, 3.05) is 0 Å². The summed E-state index contributed by atoms with van der Waals surface area (Å²) in [6.07, 6.45) is 1.83. The third kappa shape index (κ3) is 2.11. The van der Waals surface area contributed by atoms with Gasteiger partial charge in [0.25, 0.3) is 0 Å². The number of aromatic nitrogens is 2. The molecule has 0 amide bonds. The van der Waals surface area contributed by atoms with Gasteiger partial charge >= 0.3 is 5.97 Å². The molecule has 1 heterocycles. The molecule has 4 heteroatoms. The van der Waals surface area contributed by atoms with Crippen molar-refractivity contribution in [3.63, 3.8) is 0 Å². The molecule has 0 fully saturated rings. The van der Waals surface area contributed by atoms with Gasteiger partial charge in [-0.3, -0.25) is 9.89 Å². The number of nitrogens with zero attached hydrogens (tertiary/aromatic N) is 1. The minimum atomic E-state index is -0.813. The predicted molar refractivity (Wildman–Crippen MR) is 60.1 cm³/mol. The number of nitrogens with one attached hydrogen (secondary N) is 1. The normalized spacial score (nSPS) is 10.3. The Bertz CT molecular complexity index is 500. The number of hydrogen-bond acceptors (Lipinski definition) is 2. The quantitative estimate of drug-likeness (QED) is 0.824. The van der Waals surface area contributed by atoms with Crippen LogP contribution in [0.3, 0.4) is 0 Å². The van der Waals surface area contributed by atoms with E-state index in [-0.39, 0.29) is 6.42 Å². The number of carbonyl (C=O) groups is 1. The largest absolute Gasteiger partial charge is 0.481 e. The molecule has 1 aromatic carbocycles. The topological polar surface area (TPSA) is 66.0 Å². The second kappa shape index (κ2) is 4.18. The summed E-state index contributed by atoms with van der Waals surface area (Å²) >= 11 is 0. The first-order chi connectivity index (χ1) is 7.66. The molecular formula is C12H12N2O2. The van der Waals surface area contributed by atoms with Crippen LogP contribution in [0.1, 0.15) is 11.3 Å². The van der Waals surface area contributed by atoms with Gasteiger partial charge in [0.2, 0.25) is 0 Å². The maximum Gasteiger partial charge on any atom is 0.307 e. The summed E-state index contributed by atoms with van der Waals surface area (Å²) in [5, 5.41) is 15.5. The standard InChI is InChI=1S/C12H12N2O2/c1-8-11(7-13-14-8)10-4-2-9(3-5-10)6-12(15)16/h2-5,7H,6H2,1H3,(H,13,14)(H,15,16). The van der Waals surface area contributed by atoms with Gasteiger partial charge in [-0.15, -0.1) is 0 Å². The molecule has 2 aromatic rings. The van der Waals surface area contributed by atoms with E-state index in [2.05, 4.69) is 10.2 Å². The molecule has 4 nitrogen and oxygen atoms in total. The van der Waals surface area contributed by atoms with Crippen LogP contribution < -0.4 is 0 Å². The highest BCUT2D eigenvalue weighted by Crippen LogP contribution is 2.21. The van der Waals surface area contributed by atoms with E-state index >= 15 is 0 Å². The van der Waals surface area contributed by atoms with Crippen LogP contribution in [0, 0.1) is 6.92 Å². The van der Waals surface area contributed by atoms with Gasteiger partial charge in [0.1, 0.15) is 0 Å². The lowest BCUT2D eigenvalue weighted by Gasteiger charge is -2.01. The third-order valence-electron chi connectivity index (χ3n) is 2.45. The van der Waals surface area contributed by atoms with Gasteiger partial charge in [-0.2, -0.15) is 5.10 Å². The summed E-state index contributed by atoms with van der Waals surface area (Å²) in [6, 6.07) is 7.48. The fourth-order valence-electron chi connectivity index (χ4n) is 1.62. The summed E-state index contributed by atoms with van der Waals surface area (Å²) < 4.78 is 0. The van der Waals surface area contributed by atoms with E-state index in [1.165, 1.54) is 0 Å². The Balaban J connectivity index is 2.26. The van der Waals surface area contributed by atoms with E-state index in [4.69, 9.17) is 5.11 Å². The van der Waals surface area contributed by atoms with Gasteiger partial charge in [0, 0.05) is 11.3 Å². The Morgan fingerprint density at radius 3 is 2.56 bits per heavy atom. The van der Waals surface area contributed by atoms with Crippen LogP contribution in [0.15, 0.2) is 30.5 Å². The zero-order chi connectivity index (χ0) is 11.5. The van der Waals surface area contributed by atoms with Crippen LogP contribution in [0.25, 0.3) is 11.1 Å². The van der Waals surface area contributed by atoms with Gasteiger partial charge in [-0.1, -0.05) is 24.3 Å². The first-order valence-electron chi connectivity index (χ1n) is 4.98. The van der Waals surface area contributed by atoms with Crippen LogP contribution in [-0.4, -0.2) is 21.3 Å². The van der Waals surface area contributed by atoms with Crippen LogP contribution in [0.5, 0.6) is 0 Å². The van der Waals surface area contributed by atoms with Crippen molar-refractivity contribution in [1.29, 1.82) is 0 Å². The molecule has 0 aliphatic carbocycles. The molecule has 0 spiro atoms. The summed E-state index contributed by atoms with van der Waals surface area (Å²) in [4.78, 5) is 10.5. The van der Waals surface area contributed by atoms with Crippen molar-refractivity contribution >= 4 is 5.97 Å². The van der Waals surface area contributed by atoms with Gasteiger partial charge in [0.15, 0.2) is 0 Å². The molecule has 16 heavy (non-hydrogen) atoms. The number of carboxylic acid groups (broad SMARTS) is 1.